The molecule has 0 bridgehead atoms. The molecule has 29 heavy (non-hydrogen) atoms. The standard InChI is InChI=1S/C25H29N3O/c1-19-7-9-21(10-8-19)24(28-15-13-27(2)14-16-28)18-26-25(29)23-12-11-20-5-3-4-6-22(20)17-23/h3-12,17,24H,13-16,18H2,1-2H3,(H,26,29). The van der Waals surface area contributed by atoms with E-state index < -0.39 is 0 Å². The average molecular weight is 388 g/mol. The molecule has 3 aromatic carbocycles. The fourth-order valence-corrected chi connectivity index (χ4v) is 4.00. The molecule has 1 unspecified atom stereocenters. The minimum Gasteiger partial charge on any atom is -0.350 e. The van der Waals surface area contributed by atoms with E-state index in [0.29, 0.717) is 12.1 Å². The van der Waals surface area contributed by atoms with Gasteiger partial charge in [0.1, 0.15) is 0 Å². The van der Waals surface area contributed by atoms with Crippen LogP contribution in [0.2, 0.25) is 0 Å². The summed E-state index contributed by atoms with van der Waals surface area (Å²) in [4.78, 5) is 17.7. The third-order valence-corrected chi connectivity index (χ3v) is 5.91. The van der Waals surface area contributed by atoms with Gasteiger partial charge in [-0.15, -0.1) is 0 Å². The molecule has 1 atom stereocenters. The number of nitrogens with zero attached hydrogens (tertiary/aromatic N) is 2. The van der Waals surface area contributed by atoms with Crippen LogP contribution in [-0.4, -0.2) is 55.5 Å². The molecule has 4 heteroatoms. The van der Waals surface area contributed by atoms with Crippen LogP contribution in [0.5, 0.6) is 0 Å². The predicted octanol–water partition coefficient (Wildman–Crippen LogP) is 3.87. The number of aryl methyl sites for hydroxylation is 1. The Hall–Kier alpha value is -2.69. The molecule has 0 radical (unpaired) electrons. The lowest BCUT2D eigenvalue weighted by Crippen LogP contribution is -2.48. The van der Waals surface area contributed by atoms with E-state index in [2.05, 4.69) is 59.4 Å². The van der Waals surface area contributed by atoms with Gasteiger partial charge in [0.15, 0.2) is 0 Å². The number of hydrogen-bond donors (Lipinski definition) is 1. The smallest absolute Gasteiger partial charge is 0.251 e. The molecule has 3 aromatic rings. The second kappa shape index (κ2) is 8.76. The van der Waals surface area contributed by atoms with Crippen molar-refractivity contribution in [3.8, 4) is 0 Å². The highest BCUT2D eigenvalue weighted by Crippen LogP contribution is 2.22. The van der Waals surface area contributed by atoms with Gasteiger partial charge in [-0.1, -0.05) is 60.2 Å². The second-order valence-corrected chi connectivity index (χ2v) is 8.04. The molecule has 1 N–H and O–H groups in total. The van der Waals surface area contributed by atoms with E-state index >= 15 is 0 Å². The minimum atomic E-state index is -0.0120. The summed E-state index contributed by atoms with van der Waals surface area (Å²) < 4.78 is 0. The number of piperazine rings is 1. The quantitative estimate of drug-likeness (QED) is 0.722. The molecule has 0 aliphatic carbocycles. The normalized spacial score (nSPS) is 16.6. The average Bonchev–Trinajstić information content (AvgIpc) is 2.75. The first-order valence-electron chi connectivity index (χ1n) is 10.4. The van der Waals surface area contributed by atoms with Crippen molar-refractivity contribution in [1.82, 2.24) is 15.1 Å². The van der Waals surface area contributed by atoms with Gasteiger partial charge in [-0.25, -0.2) is 0 Å². The van der Waals surface area contributed by atoms with Crippen LogP contribution in [-0.2, 0) is 0 Å². The summed E-state index contributed by atoms with van der Waals surface area (Å²) in [5, 5.41) is 5.43. The van der Waals surface area contributed by atoms with Gasteiger partial charge in [0.2, 0.25) is 0 Å². The minimum absolute atomic E-state index is 0.0120. The zero-order valence-electron chi connectivity index (χ0n) is 17.3. The Morgan fingerprint density at radius 3 is 2.34 bits per heavy atom. The summed E-state index contributed by atoms with van der Waals surface area (Å²) in [6.07, 6.45) is 0. The number of rotatable bonds is 5. The van der Waals surface area contributed by atoms with Crippen molar-refractivity contribution >= 4 is 16.7 Å². The van der Waals surface area contributed by atoms with Crippen LogP contribution in [0.3, 0.4) is 0 Å². The lowest BCUT2D eigenvalue weighted by Gasteiger charge is -2.38. The van der Waals surface area contributed by atoms with Crippen molar-refractivity contribution < 1.29 is 4.79 Å². The Balaban J connectivity index is 1.50. The van der Waals surface area contributed by atoms with Crippen LogP contribution in [0.15, 0.2) is 66.7 Å². The largest absolute Gasteiger partial charge is 0.350 e. The van der Waals surface area contributed by atoms with Crippen LogP contribution >= 0.6 is 0 Å². The van der Waals surface area contributed by atoms with Crippen molar-refractivity contribution in [2.45, 2.75) is 13.0 Å². The summed E-state index contributed by atoms with van der Waals surface area (Å²) >= 11 is 0. The molecule has 1 amide bonds. The Bertz CT molecular complexity index is 975. The molecule has 1 aliphatic rings. The number of nitrogens with one attached hydrogen (secondary N) is 1. The lowest BCUT2D eigenvalue weighted by atomic mass is 10.0. The fraction of sp³-hybridized carbons (Fsp3) is 0.320. The molecule has 1 heterocycles. The summed E-state index contributed by atoms with van der Waals surface area (Å²) in [6, 6.07) is 22.9. The third-order valence-electron chi connectivity index (χ3n) is 5.91. The summed E-state index contributed by atoms with van der Waals surface area (Å²) in [5.74, 6) is -0.0120. The molecular weight excluding hydrogens is 358 g/mol. The number of fused-ring (bicyclic) bond motifs is 1. The Kier molecular flexibility index (Phi) is 5.93. The SMILES string of the molecule is Cc1ccc(C(CNC(=O)c2ccc3ccccc3c2)N2CCN(C)CC2)cc1. The van der Waals surface area contributed by atoms with Gasteiger partial charge in [-0.3, -0.25) is 9.69 Å². The monoisotopic (exact) mass is 387 g/mol. The molecule has 0 saturated carbocycles. The van der Waals surface area contributed by atoms with E-state index in [1.807, 2.05) is 36.4 Å². The van der Waals surface area contributed by atoms with E-state index in [1.165, 1.54) is 11.1 Å². The maximum absolute atomic E-state index is 12.9. The fourth-order valence-electron chi connectivity index (χ4n) is 4.00. The first-order valence-corrected chi connectivity index (χ1v) is 10.4. The van der Waals surface area contributed by atoms with Gasteiger partial charge in [0, 0.05) is 38.3 Å². The number of carbonyl (C=O) groups is 1. The molecule has 0 aromatic heterocycles. The number of hydrogen-bond acceptors (Lipinski definition) is 3. The van der Waals surface area contributed by atoms with Crippen LogP contribution in [0.25, 0.3) is 10.8 Å². The number of benzene rings is 3. The van der Waals surface area contributed by atoms with Crippen LogP contribution in [0.4, 0.5) is 0 Å². The van der Waals surface area contributed by atoms with Crippen LogP contribution in [0.1, 0.15) is 27.5 Å². The van der Waals surface area contributed by atoms with Gasteiger partial charge in [0.05, 0.1) is 6.04 Å². The summed E-state index contributed by atoms with van der Waals surface area (Å²) in [7, 11) is 2.17. The van der Waals surface area contributed by atoms with Gasteiger partial charge >= 0.3 is 0 Å². The van der Waals surface area contributed by atoms with Crippen molar-refractivity contribution in [1.29, 1.82) is 0 Å². The van der Waals surface area contributed by atoms with Crippen molar-refractivity contribution in [3.05, 3.63) is 83.4 Å². The summed E-state index contributed by atoms with van der Waals surface area (Å²) in [6.45, 7) is 6.86. The highest BCUT2D eigenvalue weighted by atomic mass is 16.1. The maximum atomic E-state index is 12.9. The highest BCUT2D eigenvalue weighted by Gasteiger charge is 2.24. The van der Waals surface area contributed by atoms with Crippen molar-refractivity contribution in [2.24, 2.45) is 0 Å². The van der Waals surface area contributed by atoms with Gasteiger partial charge in [0.25, 0.3) is 5.91 Å². The van der Waals surface area contributed by atoms with Crippen molar-refractivity contribution in [2.75, 3.05) is 39.8 Å². The van der Waals surface area contributed by atoms with E-state index in [1.54, 1.807) is 0 Å². The zero-order valence-corrected chi connectivity index (χ0v) is 17.3. The molecule has 0 spiro atoms. The molecule has 1 saturated heterocycles. The molecule has 1 fully saturated rings. The Morgan fingerprint density at radius 2 is 1.62 bits per heavy atom. The van der Waals surface area contributed by atoms with E-state index in [9.17, 15) is 4.79 Å². The molecule has 150 valence electrons. The first-order chi connectivity index (χ1) is 14.1. The zero-order chi connectivity index (χ0) is 20.2. The van der Waals surface area contributed by atoms with E-state index in [0.717, 1.165) is 37.0 Å². The van der Waals surface area contributed by atoms with Crippen LogP contribution in [0, 0.1) is 6.92 Å². The first kappa shape index (κ1) is 19.6. The van der Waals surface area contributed by atoms with Crippen LogP contribution < -0.4 is 5.32 Å². The summed E-state index contributed by atoms with van der Waals surface area (Å²) in [5.41, 5.74) is 3.23. The Labute approximate surface area is 173 Å². The predicted molar refractivity (Wildman–Crippen MR) is 119 cm³/mol. The maximum Gasteiger partial charge on any atom is 0.251 e. The number of likely N-dealkylation sites (N-methyl/N-ethyl adjacent to an activating group) is 1. The molecule has 1 aliphatic heterocycles. The topological polar surface area (TPSA) is 35.6 Å². The highest BCUT2D eigenvalue weighted by molar-refractivity contribution is 5.98. The molecule has 4 rings (SSSR count). The third kappa shape index (κ3) is 4.66. The van der Waals surface area contributed by atoms with Gasteiger partial charge in [-0.2, -0.15) is 0 Å². The molecule has 4 nitrogen and oxygen atoms in total. The van der Waals surface area contributed by atoms with E-state index in [-0.39, 0.29) is 11.9 Å². The number of amides is 1. The Morgan fingerprint density at radius 1 is 0.931 bits per heavy atom. The van der Waals surface area contributed by atoms with Crippen molar-refractivity contribution in [3.63, 3.8) is 0 Å². The van der Waals surface area contributed by atoms with E-state index in [4.69, 9.17) is 0 Å². The molecular formula is C25H29N3O. The van der Waals surface area contributed by atoms with Gasteiger partial charge in [-0.05, 0) is 42.4 Å². The van der Waals surface area contributed by atoms with Gasteiger partial charge < -0.3 is 10.2 Å². The lowest BCUT2D eigenvalue weighted by molar-refractivity contribution is 0.0886. The number of carbonyl (C=O) groups excluding carboxylic acids is 1. The second-order valence-electron chi connectivity index (χ2n) is 8.04.